The minimum Gasteiger partial charge on any atom is -0.481 e. The van der Waals surface area contributed by atoms with Gasteiger partial charge in [-0.15, -0.1) is 0 Å². The summed E-state index contributed by atoms with van der Waals surface area (Å²) >= 11 is 0. The van der Waals surface area contributed by atoms with Crippen molar-refractivity contribution in [2.75, 3.05) is 0 Å². The van der Waals surface area contributed by atoms with E-state index in [0.29, 0.717) is 6.42 Å². The standard InChI is InChI=1S/C12H21NO4/c1-3-4-5-12(6-8(12)10(14)15)7(2)9(13)11(16)17/h7-9H,3-6,13H2,1-2H3,(H,14,15)(H,16,17). The molecule has 0 aromatic heterocycles. The Morgan fingerprint density at radius 2 is 2.06 bits per heavy atom. The van der Waals surface area contributed by atoms with Gasteiger partial charge in [0.25, 0.3) is 0 Å². The summed E-state index contributed by atoms with van der Waals surface area (Å²) in [6.07, 6.45) is 3.21. The highest BCUT2D eigenvalue weighted by atomic mass is 16.4. The van der Waals surface area contributed by atoms with Gasteiger partial charge in [0.1, 0.15) is 6.04 Å². The van der Waals surface area contributed by atoms with Gasteiger partial charge < -0.3 is 15.9 Å². The molecule has 4 unspecified atom stereocenters. The van der Waals surface area contributed by atoms with Crippen LogP contribution in [-0.4, -0.2) is 28.2 Å². The van der Waals surface area contributed by atoms with Gasteiger partial charge in [-0.3, -0.25) is 9.59 Å². The van der Waals surface area contributed by atoms with Crippen molar-refractivity contribution in [3.8, 4) is 0 Å². The van der Waals surface area contributed by atoms with E-state index < -0.39 is 29.3 Å². The van der Waals surface area contributed by atoms with E-state index in [0.717, 1.165) is 19.3 Å². The van der Waals surface area contributed by atoms with Crippen LogP contribution in [0.15, 0.2) is 0 Å². The predicted molar refractivity (Wildman–Crippen MR) is 62.5 cm³/mol. The van der Waals surface area contributed by atoms with E-state index in [1.54, 1.807) is 6.92 Å². The van der Waals surface area contributed by atoms with Crippen LogP contribution in [0.5, 0.6) is 0 Å². The van der Waals surface area contributed by atoms with E-state index in [1.807, 2.05) is 6.92 Å². The minimum atomic E-state index is -1.05. The second-order valence-corrected chi connectivity index (χ2v) is 5.08. The third-order valence-electron chi connectivity index (χ3n) is 4.14. The van der Waals surface area contributed by atoms with Crippen molar-refractivity contribution in [3.05, 3.63) is 0 Å². The van der Waals surface area contributed by atoms with Gasteiger partial charge in [-0.05, 0) is 24.2 Å². The summed E-state index contributed by atoms with van der Waals surface area (Å²) in [5.41, 5.74) is 5.22. The maximum atomic E-state index is 11.0. The molecule has 0 aliphatic heterocycles. The molecular formula is C12H21NO4. The van der Waals surface area contributed by atoms with Gasteiger partial charge in [0.15, 0.2) is 0 Å². The molecule has 0 heterocycles. The largest absolute Gasteiger partial charge is 0.481 e. The lowest BCUT2D eigenvalue weighted by Crippen LogP contribution is -2.42. The number of carboxylic acid groups (broad SMARTS) is 2. The maximum absolute atomic E-state index is 11.0. The summed E-state index contributed by atoms with van der Waals surface area (Å²) in [6, 6.07) is -0.976. The zero-order chi connectivity index (χ0) is 13.2. The molecule has 17 heavy (non-hydrogen) atoms. The fraction of sp³-hybridized carbons (Fsp3) is 0.833. The van der Waals surface area contributed by atoms with Gasteiger partial charge in [0, 0.05) is 0 Å². The second-order valence-electron chi connectivity index (χ2n) is 5.08. The molecule has 1 rings (SSSR count). The van der Waals surface area contributed by atoms with Crippen LogP contribution in [0, 0.1) is 17.3 Å². The molecule has 4 atom stereocenters. The molecule has 0 spiro atoms. The predicted octanol–water partition coefficient (Wildman–Crippen LogP) is 1.32. The average molecular weight is 243 g/mol. The van der Waals surface area contributed by atoms with E-state index in [9.17, 15) is 9.59 Å². The summed E-state index contributed by atoms with van der Waals surface area (Å²) in [5.74, 6) is -2.60. The Kier molecular flexibility index (Phi) is 4.14. The van der Waals surface area contributed by atoms with Crippen LogP contribution in [0.25, 0.3) is 0 Å². The number of rotatable bonds is 7. The normalized spacial score (nSPS) is 30.6. The quantitative estimate of drug-likeness (QED) is 0.626. The summed E-state index contributed by atoms with van der Waals surface area (Å²) in [7, 11) is 0. The lowest BCUT2D eigenvalue weighted by atomic mass is 9.79. The van der Waals surface area contributed by atoms with E-state index in [4.69, 9.17) is 15.9 Å². The van der Waals surface area contributed by atoms with E-state index in [2.05, 4.69) is 0 Å². The zero-order valence-electron chi connectivity index (χ0n) is 10.3. The molecular weight excluding hydrogens is 222 g/mol. The highest BCUT2D eigenvalue weighted by Crippen LogP contribution is 2.61. The van der Waals surface area contributed by atoms with Crippen molar-refractivity contribution in [3.63, 3.8) is 0 Å². The Morgan fingerprint density at radius 1 is 1.47 bits per heavy atom. The fourth-order valence-electron chi connectivity index (χ4n) is 2.74. The van der Waals surface area contributed by atoms with Gasteiger partial charge in [0.05, 0.1) is 5.92 Å². The number of carboxylic acids is 2. The smallest absolute Gasteiger partial charge is 0.320 e. The molecule has 5 nitrogen and oxygen atoms in total. The lowest BCUT2D eigenvalue weighted by Gasteiger charge is -2.27. The van der Waals surface area contributed by atoms with Crippen LogP contribution >= 0.6 is 0 Å². The van der Waals surface area contributed by atoms with E-state index in [-0.39, 0.29) is 5.92 Å². The van der Waals surface area contributed by atoms with Gasteiger partial charge in [-0.2, -0.15) is 0 Å². The SMILES string of the molecule is CCCCC1(C(C)C(N)C(=O)O)CC1C(=O)O. The van der Waals surface area contributed by atoms with Crippen LogP contribution in [0.1, 0.15) is 39.5 Å². The third-order valence-corrected chi connectivity index (χ3v) is 4.14. The molecule has 0 saturated heterocycles. The topological polar surface area (TPSA) is 101 Å². The molecule has 1 aliphatic rings. The first kappa shape index (κ1) is 14.0. The first-order valence-electron chi connectivity index (χ1n) is 6.08. The van der Waals surface area contributed by atoms with Gasteiger partial charge >= 0.3 is 11.9 Å². The summed E-state index contributed by atoms with van der Waals surface area (Å²) in [4.78, 5) is 21.9. The molecule has 0 aromatic carbocycles. The van der Waals surface area contributed by atoms with Crippen LogP contribution < -0.4 is 5.73 Å². The number of nitrogens with two attached hydrogens (primary N) is 1. The van der Waals surface area contributed by atoms with Crippen molar-refractivity contribution < 1.29 is 19.8 Å². The molecule has 0 bridgehead atoms. The molecule has 0 amide bonds. The molecule has 0 aromatic rings. The van der Waals surface area contributed by atoms with Crippen LogP contribution in [0.2, 0.25) is 0 Å². The van der Waals surface area contributed by atoms with Gasteiger partial charge in [0.2, 0.25) is 0 Å². The van der Waals surface area contributed by atoms with Crippen molar-refractivity contribution in [1.82, 2.24) is 0 Å². The van der Waals surface area contributed by atoms with Gasteiger partial charge in [-0.25, -0.2) is 0 Å². The molecule has 98 valence electrons. The first-order valence-corrected chi connectivity index (χ1v) is 6.08. The summed E-state index contributed by atoms with van der Waals surface area (Å²) in [5, 5.41) is 18.0. The molecule has 0 radical (unpaired) electrons. The molecule has 1 aliphatic carbocycles. The van der Waals surface area contributed by atoms with Crippen LogP contribution in [0.3, 0.4) is 0 Å². The third kappa shape index (κ3) is 2.60. The number of carbonyl (C=O) groups is 2. The highest BCUT2D eigenvalue weighted by Gasteiger charge is 2.62. The fourth-order valence-corrected chi connectivity index (χ4v) is 2.74. The Balaban J connectivity index is 2.79. The maximum Gasteiger partial charge on any atom is 0.320 e. The van der Waals surface area contributed by atoms with Crippen molar-refractivity contribution in [2.24, 2.45) is 23.0 Å². The Labute approximate surface area is 101 Å². The first-order chi connectivity index (χ1) is 7.86. The van der Waals surface area contributed by atoms with Crippen LogP contribution in [0.4, 0.5) is 0 Å². The Morgan fingerprint density at radius 3 is 2.41 bits per heavy atom. The highest BCUT2D eigenvalue weighted by molar-refractivity contribution is 5.77. The Hall–Kier alpha value is -1.10. The number of hydrogen-bond acceptors (Lipinski definition) is 3. The second kappa shape index (κ2) is 5.04. The van der Waals surface area contributed by atoms with Crippen molar-refractivity contribution in [2.45, 2.75) is 45.6 Å². The summed E-state index contributed by atoms with van der Waals surface area (Å²) in [6.45, 7) is 3.80. The lowest BCUT2D eigenvalue weighted by molar-refractivity contribution is -0.143. The molecule has 1 fully saturated rings. The van der Waals surface area contributed by atoms with Crippen LogP contribution in [-0.2, 0) is 9.59 Å². The minimum absolute atomic E-state index is 0.298. The number of unbranched alkanes of at least 4 members (excludes halogenated alkanes) is 1. The monoisotopic (exact) mass is 243 g/mol. The van der Waals surface area contributed by atoms with Crippen molar-refractivity contribution >= 4 is 11.9 Å². The summed E-state index contributed by atoms with van der Waals surface area (Å²) < 4.78 is 0. The van der Waals surface area contributed by atoms with E-state index in [1.165, 1.54) is 0 Å². The molecule has 1 saturated carbocycles. The molecule has 5 heteroatoms. The average Bonchev–Trinajstić information content (AvgIpc) is 3.00. The zero-order valence-corrected chi connectivity index (χ0v) is 10.3. The number of hydrogen-bond donors (Lipinski definition) is 3. The Bertz CT molecular complexity index is 318. The molecule has 4 N–H and O–H groups in total. The number of aliphatic carboxylic acids is 2. The van der Waals surface area contributed by atoms with Gasteiger partial charge in [-0.1, -0.05) is 26.7 Å². The van der Waals surface area contributed by atoms with E-state index >= 15 is 0 Å². The van der Waals surface area contributed by atoms with Crippen molar-refractivity contribution in [1.29, 1.82) is 0 Å².